The van der Waals surface area contributed by atoms with Crippen molar-refractivity contribution in [3.05, 3.63) is 29.8 Å². The van der Waals surface area contributed by atoms with Gasteiger partial charge in [-0.15, -0.1) is 0 Å². The summed E-state index contributed by atoms with van der Waals surface area (Å²) in [5.41, 5.74) is 1.90. The summed E-state index contributed by atoms with van der Waals surface area (Å²) in [4.78, 5) is 28.1. The summed E-state index contributed by atoms with van der Waals surface area (Å²) in [6.45, 7) is 7.24. The Morgan fingerprint density at radius 3 is 2.57 bits per heavy atom. The number of anilines is 1. The monoisotopic (exact) mass is 289 g/mol. The highest BCUT2D eigenvalue weighted by molar-refractivity contribution is 6.40. The third-order valence-corrected chi connectivity index (χ3v) is 3.72. The molecule has 21 heavy (non-hydrogen) atoms. The van der Waals surface area contributed by atoms with Gasteiger partial charge in [-0.3, -0.25) is 9.59 Å². The molecular formula is C16H23N3O2. The van der Waals surface area contributed by atoms with Gasteiger partial charge in [0.2, 0.25) is 0 Å². The predicted octanol–water partition coefficient (Wildman–Crippen LogP) is 1.17. The fraction of sp³-hybridized carbons (Fsp3) is 0.500. The Hall–Kier alpha value is -1.88. The minimum Gasteiger partial charge on any atom is -0.333 e. The lowest BCUT2D eigenvalue weighted by Crippen LogP contribution is -2.46. The maximum atomic E-state index is 12.5. The first-order valence-corrected chi connectivity index (χ1v) is 7.51. The molecule has 5 heteroatoms. The van der Waals surface area contributed by atoms with E-state index in [1.165, 1.54) is 0 Å². The first-order valence-electron chi connectivity index (χ1n) is 7.51. The summed E-state index contributed by atoms with van der Waals surface area (Å²) < 4.78 is 0. The fourth-order valence-corrected chi connectivity index (χ4v) is 2.47. The first-order chi connectivity index (χ1) is 10.1. The van der Waals surface area contributed by atoms with Gasteiger partial charge in [-0.1, -0.05) is 17.7 Å². The van der Waals surface area contributed by atoms with Crippen molar-refractivity contribution in [3.63, 3.8) is 0 Å². The third kappa shape index (κ3) is 3.82. The van der Waals surface area contributed by atoms with Crippen LogP contribution in [0, 0.1) is 6.92 Å². The number of rotatable bonds is 2. The molecule has 1 fully saturated rings. The molecule has 1 aromatic rings. The second-order valence-electron chi connectivity index (χ2n) is 5.28. The summed E-state index contributed by atoms with van der Waals surface area (Å²) in [6, 6.07) is 7.67. The van der Waals surface area contributed by atoms with Crippen molar-refractivity contribution in [3.8, 4) is 0 Å². The number of amides is 2. The van der Waals surface area contributed by atoms with E-state index < -0.39 is 11.8 Å². The van der Waals surface area contributed by atoms with Crippen molar-refractivity contribution >= 4 is 17.5 Å². The van der Waals surface area contributed by atoms with Crippen LogP contribution in [0.15, 0.2) is 24.3 Å². The quantitative estimate of drug-likeness (QED) is 0.832. The molecule has 1 heterocycles. The highest BCUT2D eigenvalue weighted by Crippen LogP contribution is 2.16. The van der Waals surface area contributed by atoms with Crippen molar-refractivity contribution in [2.24, 2.45) is 0 Å². The summed E-state index contributed by atoms with van der Waals surface area (Å²) >= 11 is 0. The van der Waals surface area contributed by atoms with E-state index in [1.54, 1.807) is 9.80 Å². The number of carbonyl (C=O) groups is 2. The smallest absolute Gasteiger partial charge is 0.316 e. The molecule has 1 aromatic carbocycles. The number of aryl methyl sites for hydroxylation is 1. The van der Waals surface area contributed by atoms with Crippen LogP contribution in [0.2, 0.25) is 0 Å². The van der Waals surface area contributed by atoms with Crippen molar-refractivity contribution in [2.75, 3.05) is 37.6 Å². The minimum atomic E-state index is -0.441. The summed E-state index contributed by atoms with van der Waals surface area (Å²) in [5.74, 6) is -0.843. The molecule has 114 valence electrons. The molecule has 1 N–H and O–H groups in total. The largest absolute Gasteiger partial charge is 0.333 e. The van der Waals surface area contributed by atoms with Crippen LogP contribution in [0.5, 0.6) is 0 Å². The van der Waals surface area contributed by atoms with Crippen molar-refractivity contribution in [1.82, 2.24) is 10.2 Å². The van der Waals surface area contributed by atoms with Crippen LogP contribution >= 0.6 is 0 Å². The Morgan fingerprint density at radius 1 is 1.19 bits per heavy atom. The standard InChI is InChI=1S/C16H23N3O2/c1-3-19(14-7-5-13(2)6-8-14)16(21)15(20)18-11-4-9-17-10-12-18/h5-8,17H,3-4,9-12H2,1-2H3. The first kappa shape index (κ1) is 15.5. The topological polar surface area (TPSA) is 52.7 Å². The maximum Gasteiger partial charge on any atom is 0.316 e. The average Bonchev–Trinajstić information content (AvgIpc) is 2.78. The minimum absolute atomic E-state index is 0.402. The Kier molecular flexibility index (Phi) is 5.33. The van der Waals surface area contributed by atoms with Gasteiger partial charge >= 0.3 is 11.8 Å². The number of carbonyl (C=O) groups excluding carboxylic acids is 2. The number of likely N-dealkylation sites (N-methyl/N-ethyl adjacent to an activating group) is 1. The lowest BCUT2D eigenvalue weighted by molar-refractivity contribution is -0.144. The molecule has 0 radical (unpaired) electrons. The number of hydrogen-bond donors (Lipinski definition) is 1. The van der Waals surface area contributed by atoms with Gasteiger partial charge in [0.25, 0.3) is 0 Å². The molecule has 1 aliphatic rings. The van der Waals surface area contributed by atoms with Crippen LogP contribution in [0.4, 0.5) is 5.69 Å². The summed E-state index contributed by atoms with van der Waals surface area (Å²) in [7, 11) is 0. The van der Waals surface area contributed by atoms with Gasteiger partial charge in [-0.25, -0.2) is 0 Å². The zero-order valence-electron chi connectivity index (χ0n) is 12.8. The van der Waals surface area contributed by atoms with E-state index in [9.17, 15) is 9.59 Å². The molecule has 0 aliphatic carbocycles. The fourth-order valence-electron chi connectivity index (χ4n) is 2.47. The molecule has 0 unspecified atom stereocenters. The Morgan fingerprint density at radius 2 is 1.90 bits per heavy atom. The molecule has 2 amide bonds. The van der Waals surface area contributed by atoms with Crippen molar-refractivity contribution in [2.45, 2.75) is 20.3 Å². The van der Waals surface area contributed by atoms with Gasteiger partial charge in [0.15, 0.2) is 0 Å². The highest BCUT2D eigenvalue weighted by atomic mass is 16.2. The molecule has 1 aliphatic heterocycles. The van der Waals surface area contributed by atoms with E-state index in [-0.39, 0.29) is 0 Å². The molecule has 0 aromatic heterocycles. The van der Waals surface area contributed by atoms with Crippen molar-refractivity contribution < 1.29 is 9.59 Å². The lowest BCUT2D eigenvalue weighted by Gasteiger charge is -2.25. The maximum absolute atomic E-state index is 12.5. The third-order valence-electron chi connectivity index (χ3n) is 3.72. The van der Waals surface area contributed by atoms with E-state index in [2.05, 4.69) is 5.32 Å². The second kappa shape index (κ2) is 7.22. The van der Waals surface area contributed by atoms with Gasteiger partial charge in [0, 0.05) is 31.9 Å². The Balaban J connectivity index is 2.11. The van der Waals surface area contributed by atoms with Crippen LogP contribution in [0.1, 0.15) is 18.9 Å². The molecular weight excluding hydrogens is 266 g/mol. The molecule has 0 bridgehead atoms. The zero-order valence-corrected chi connectivity index (χ0v) is 12.8. The zero-order chi connectivity index (χ0) is 15.2. The normalized spacial score (nSPS) is 15.4. The van der Waals surface area contributed by atoms with E-state index in [4.69, 9.17) is 0 Å². The Bertz CT molecular complexity index is 491. The van der Waals surface area contributed by atoms with Gasteiger partial charge in [0.05, 0.1) is 0 Å². The van der Waals surface area contributed by atoms with Crippen LogP contribution in [0.25, 0.3) is 0 Å². The van der Waals surface area contributed by atoms with E-state index in [1.807, 2.05) is 38.1 Å². The molecule has 1 saturated heterocycles. The molecule has 2 rings (SSSR count). The molecule has 0 spiro atoms. The van der Waals surface area contributed by atoms with Crippen LogP contribution in [-0.2, 0) is 9.59 Å². The van der Waals surface area contributed by atoms with Crippen LogP contribution in [0.3, 0.4) is 0 Å². The van der Waals surface area contributed by atoms with Crippen LogP contribution < -0.4 is 10.2 Å². The number of benzene rings is 1. The van der Waals surface area contributed by atoms with E-state index in [0.717, 1.165) is 30.8 Å². The number of hydrogen-bond acceptors (Lipinski definition) is 3. The SMILES string of the molecule is CCN(C(=O)C(=O)N1CCCNCC1)c1ccc(C)cc1. The van der Waals surface area contributed by atoms with E-state index in [0.29, 0.717) is 19.6 Å². The summed E-state index contributed by atoms with van der Waals surface area (Å²) in [6.07, 6.45) is 0.885. The van der Waals surface area contributed by atoms with Gasteiger partial charge < -0.3 is 15.1 Å². The van der Waals surface area contributed by atoms with E-state index >= 15 is 0 Å². The summed E-state index contributed by atoms with van der Waals surface area (Å²) in [5, 5.41) is 3.23. The van der Waals surface area contributed by atoms with Gasteiger partial charge in [-0.2, -0.15) is 0 Å². The van der Waals surface area contributed by atoms with Gasteiger partial charge in [0.1, 0.15) is 0 Å². The predicted molar refractivity (Wildman–Crippen MR) is 83.3 cm³/mol. The van der Waals surface area contributed by atoms with Gasteiger partial charge in [-0.05, 0) is 38.9 Å². The van der Waals surface area contributed by atoms with Crippen molar-refractivity contribution in [1.29, 1.82) is 0 Å². The number of nitrogens with one attached hydrogen (secondary N) is 1. The second-order valence-corrected chi connectivity index (χ2v) is 5.28. The Labute approximate surface area is 125 Å². The molecule has 5 nitrogen and oxygen atoms in total. The molecule has 0 atom stereocenters. The van der Waals surface area contributed by atoms with Crippen LogP contribution in [-0.4, -0.2) is 49.4 Å². The molecule has 0 saturated carbocycles. The highest BCUT2D eigenvalue weighted by Gasteiger charge is 2.27. The lowest BCUT2D eigenvalue weighted by atomic mass is 10.2. The number of nitrogens with zero attached hydrogens (tertiary/aromatic N) is 2. The average molecular weight is 289 g/mol.